The number of benzene rings is 2. The number of aromatic hydroxyl groups is 1. The van der Waals surface area contributed by atoms with Crippen LogP contribution in [0.15, 0.2) is 60.7 Å². The molecule has 0 bridgehead atoms. The van der Waals surface area contributed by atoms with E-state index in [0.29, 0.717) is 12.0 Å². The number of ether oxygens (including phenoxy) is 1. The van der Waals surface area contributed by atoms with Crippen molar-refractivity contribution in [3.05, 3.63) is 77.4 Å². The molecule has 4 heteroatoms. The molecule has 1 heterocycles. The maximum Gasteiger partial charge on any atom is 0.170 e. The molecule has 26 heavy (non-hydrogen) atoms. The number of carbonyl (C=O) groups is 2. The van der Waals surface area contributed by atoms with E-state index in [0.717, 1.165) is 22.4 Å². The van der Waals surface area contributed by atoms with E-state index < -0.39 is 0 Å². The lowest BCUT2D eigenvalue weighted by atomic mass is 10.00. The quantitative estimate of drug-likeness (QED) is 0.369. The molecule has 132 valence electrons. The number of carbonyl (C=O) groups excluding carboxylic acids is 2. The largest absolute Gasteiger partial charge is 0.508 e. The highest BCUT2D eigenvalue weighted by atomic mass is 16.5. The van der Waals surface area contributed by atoms with Crippen molar-refractivity contribution >= 4 is 17.6 Å². The molecule has 1 atom stereocenters. The zero-order chi connectivity index (χ0) is 18.7. The molecule has 0 saturated heterocycles. The smallest absolute Gasteiger partial charge is 0.170 e. The lowest BCUT2D eigenvalue weighted by molar-refractivity contribution is -0.113. The fraction of sp³-hybridized carbons (Fsp3) is 0.182. The Labute approximate surface area is 152 Å². The molecule has 1 aliphatic heterocycles. The first-order valence-corrected chi connectivity index (χ1v) is 8.40. The van der Waals surface area contributed by atoms with E-state index in [-0.39, 0.29) is 29.8 Å². The number of phenols is 1. The molecule has 1 N–H and O–H groups in total. The van der Waals surface area contributed by atoms with Crippen LogP contribution in [0.4, 0.5) is 0 Å². The van der Waals surface area contributed by atoms with Gasteiger partial charge >= 0.3 is 0 Å². The number of phenolic OH excluding ortho intramolecular Hbond substituents is 1. The molecule has 0 spiro atoms. The minimum absolute atomic E-state index is 0.0507. The van der Waals surface area contributed by atoms with Gasteiger partial charge in [0.05, 0.1) is 6.42 Å². The number of allylic oxidation sites excluding steroid dienone is 1. The van der Waals surface area contributed by atoms with Crippen molar-refractivity contribution < 1.29 is 19.4 Å². The summed E-state index contributed by atoms with van der Waals surface area (Å²) < 4.78 is 5.77. The van der Waals surface area contributed by atoms with Crippen molar-refractivity contribution in [3.8, 4) is 11.5 Å². The number of Topliss-reactive ketones (excluding diaryl/α,β-unsaturated/α-hetero) is 1. The third-order valence-electron chi connectivity index (χ3n) is 4.30. The average molecular weight is 348 g/mol. The van der Waals surface area contributed by atoms with Crippen LogP contribution in [0.1, 0.15) is 34.8 Å². The first-order chi connectivity index (χ1) is 12.4. The van der Waals surface area contributed by atoms with Gasteiger partial charge in [-0.25, -0.2) is 0 Å². The maximum absolute atomic E-state index is 12.4. The predicted octanol–water partition coefficient (Wildman–Crippen LogP) is 4.13. The first kappa shape index (κ1) is 17.7. The monoisotopic (exact) mass is 348 g/mol. The summed E-state index contributed by atoms with van der Waals surface area (Å²) in [5, 5.41) is 9.24. The predicted molar refractivity (Wildman–Crippen MR) is 100 cm³/mol. The molecule has 3 rings (SSSR count). The number of ketones is 2. The second-order valence-corrected chi connectivity index (χ2v) is 6.47. The van der Waals surface area contributed by atoms with Gasteiger partial charge in [-0.05, 0) is 60.0 Å². The third kappa shape index (κ3) is 4.09. The molecule has 0 unspecified atom stereocenters. The molecule has 0 saturated carbocycles. The number of rotatable bonds is 6. The van der Waals surface area contributed by atoms with E-state index in [9.17, 15) is 14.7 Å². The van der Waals surface area contributed by atoms with Gasteiger partial charge in [0.2, 0.25) is 0 Å². The summed E-state index contributed by atoms with van der Waals surface area (Å²) in [5.74, 6) is 0.456. The molecule has 2 aromatic carbocycles. The van der Waals surface area contributed by atoms with Gasteiger partial charge < -0.3 is 9.84 Å². The van der Waals surface area contributed by atoms with Gasteiger partial charge in [-0.15, -0.1) is 0 Å². The third-order valence-corrected chi connectivity index (χ3v) is 4.30. The van der Waals surface area contributed by atoms with Crippen LogP contribution in [0.5, 0.6) is 11.5 Å². The van der Waals surface area contributed by atoms with Crippen LogP contribution in [-0.4, -0.2) is 22.8 Å². The van der Waals surface area contributed by atoms with E-state index in [1.165, 1.54) is 6.08 Å². The van der Waals surface area contributed by atoms with Crippen LogP contribution in [0.25, 0.3) is 6.08 Å². The SMILES string of the molecule is C=C(C)[C@@H]1Cc2cc(C(=O)CC(=O)C=Cc3ccc(O)cc3)ccc2O1. The molecular formula is C22H20O4. The topological polar surface area (TPSA) is 63.6 Å². The second-order valence-electron chi connectivity index (χ2n) is 6.47. The molecular weight excluding hydrogens is 328 g/mol. The summed E-state index contributed by atoms with van der Waals surface area (Å²) in [6.45, 7) is 5.83. The Morgan fingerprint density at radius 2 is 1.96 bits per heavy atom. The van der Waals surface area contributed by atoms with Gasteiger partial charge in [-0.3, -0.25) is 9.59 Å². The summed E-state index contributed by atoms with van der Waals surface area (Å²) in [6, 6.07) is 11.7. The van der Waals surface area contributed by atoms with Crippen LogP contribution < -0.4 is 4.74 Å². The average Bonchev–Trinajstić information content (AvgIpc) is 3.05. The number of fused-ring (bicyclic) bond motifs is 1. The van der Waals surface area contributed by atoms with Crippen molar-refractivity contribution in [1.29, 1.82) is 0 Å². The van der Waals surface area contributed by atoms with Crippen molar-refractivity contribution in [2.45, 2.75) is 25.9 Å². The molecule has 2 aromatic rings. The summed E-state index contributed by atoms with van der Waals surface area (Å²) >= 11 is 0. The summed E-state index contributed by atoms with van der Waals surface area (Å²) in [4.78, 5) is 24.4. The Morgan fingerprint density at radius 3 is 2.65 bits per heavy atom. The Balaban J connectivity index is 1.63. The van der Waals surface area contributed by atoms with Gasteiger partial charge in [-0.2, -0.15) is 0 Å². The van der Waals surface area contributed by atoms with Gasteiger partial charge in [-0.1, -0.05) is 24.8 Å². The normalized spacial score (nSPS) is 15.5. The molecule has 4 nitrogen and oxygen atoms in total. The van der Waals surface area contributed by atoms with Crippen LogP contribution in [0.3, 0.4) is 0 Å². The number of hydrogen-bond donors (Lipinski definition) is 1. The second kappa shape index (κ2) is 7.40. The minimum Gasteiger partial charge on any atom is -0.508 e. The first-order valence-electron chi connectivity index (χ1n) is 8.40. The van der Waals surface area contributed by atoms with Gasteiger partial charge in [0.15, 0.2) is 11.6 Å². The molecule has 1 aliphatic rings. The van der Waals surface area contributed by atoms with E-state index in [1.54, 1.807) is 48.5 Å². The van der Waals surface area contributed by atoms with E-state index >= 15 is 0 Å². The number of hydrogen-bond acceptors (Lipinski definition) is 4. The van der Waals surface area contributed by atoms with E-state index in [2.05, 4.69) is 6.58 Å². The highest BCUT2D eigenvalue weighted by Crippen LogP contribution is 2.32. The van der Waals surface area contributed by atoms with Gasteiger partial charge in [0.1, 0.15) is 17.6 Å². The summed E-state index contributed by atoms with van der Waals surface area (Å²) in [6.07, 6.45) is 3.48. The molecule has 0 amide bonds. The van der Waals surface area contributed by atoms with Gasteiger partial charge in [0, 0.05) is 12.0 Å². The van der Waals surface area contributed by atoms with E-state index in [4.69, 9.17) is 4.74 Å². The zero-order valence-corrected chi connectivity index (χ0v) is 14.6. The fourth-order valence-electron chi connectivity index (χ4n) is 2.79. The van der Waals surface area contributed by atoms with Crippen LogP contribution in [0, 0.1) is 0 Å². The highest BCUT2D eigenvalue weighted by Gasteiger charge is 2.24. The van der Waals surface area contributed by atoms with E-state index in [1.807, 2.05) is 6.92 Å². The van der Waals surface area contributed by atoms with Crippen molar-refractivity contribution in [2.24, 2.45) is 0 Å². The molecule has 0 fully saturated rings. The Hall–Kier alpha value is -3.14. The summed E-state index contributed by atoms with van der Waals surface area (Å²) in [5.41, 5.74) is 3.21. The van der Waals surface area contributed by atoms with Gasteiger partial charge in [0.25, 0.3) is 0 Å². The lowest BCUT2D eigenvalue weighted by Gasteiger charge is -2.08. The Kier molecular flexibility index (Phi) is 5.03. The van der Waals surface area contributed by atoms with Crippen LogP contribution in [0.2, 0.25) is 0 Å². The maximum atomic E-state index is 12.4. The lowest BCUT2D eigenvalue weighted by Crippen LogP contribution is -2.13. The minimum atomic E-state index is -0.264. The fourth-order valence-corrected chi connectivity index (χ4v) is 2.79. The van der Waals surface area contributed by atoms with Crippen LogP contribution >= 0.6 is 0 Å². The Bertz CT molecular complexity index is 891. The summed E-state index contributed by atoms with van der Waals surface area (Å²) in [7, 11) is 0. The Morgan fingerprint density at radius 1 is 1.23 bits per heavy atom. The van der Waals surface area contributed by atoms with Crippen LogP contribution in [-0.2, 0) is 11.2 Å². The standard InChI is InChI=1S/C22H20O4/c1-14(2)22-12-17-11-16(6-10-21(17)26-22)20(25)13-19(24)9-5-15-3-7-18(23)8-4-15/h3-11,22-23H,1,12-13H2,2H3/t22-/m0/s1. The van der Waals surface area contributed by atoms with Crippen molar-refractivity contribution in [2.75, 3.05) is 0 Å². The zero-order valence-electron chi connectivity index (χ0n) is 14.6. The highest BCUT2D eigenvalue weighted by molar-refractivity contribution is 6.12. The van der Waals surface area contributed by atoms with Crippen molar-refractivity contribution in [1.82, 2.24) is 0 Å². The molecule has 0 aliphatic carbocycles. The molecule has 0 radical (unpaired) electrons. The van der Waals surface area contributed by atoms with Crippen molar-refractivity contribution in [3.63, 3.8) is 0 Å². The molecule has 0 aromatic heterocycles.